The fourth-order valence-electron chi connectivity index (χ4n) is 1.17. The molecule has 0 aliphatic rings. The van der Waals surface area contributed by atoms with E-state index in [1.54, 1.807) is 6.07 Å². The fraction of sp³-hybridized carbons (Fsp3) is 0.538. The van der Waals surface area contributed by atoms with Gasteiger partial charge in [-0.3, -0.25) is 0 Å². The highest BCUT2D eigenvalue weighted by Crippen LogP contribution is 2.25. The molecule has 1 N–H and O–H groups in total. The molecule has 0 heterocycles. The van der Waals surface area contributed by atoms with Crippen molar-refractivity contribution in [1.29, 1.82) is 0 Å². The van der Waals surface area contributed by atoms with Gasteiger partial charge in [0.1, 0.15) is 5.75 Å². The van der Waals surface area contributed by atoms with Gasteiger partial charge >= 0.3 is 6.36 Å². The van der Waals surface area contributed by atoms with Crippen LogP contribution in [0.5, 0.6) is 5.75 Å². The van der Waals surface area contributed by atoms with Gasteiger partial charge in [-0.25, -0.2) is 0 Å². The minimum absolute atomic E-state index is 0. The number of halogens is 3. The van der Waals surface area contributed by atoms with Gasteiger partial charge in [0, 0.05) is 18.3 Å². The van der Waals surface area contributed by atoms with Crippen molar-refractivity contribution in [2.45, 2.75) is 34.6 Å². The summed E-state index contributed by atoms with van der Waals surface area (Å²) in [6.45, 7) is 6.78. The Morgan fingerprint density at radius 3 is 2.28 bits per heavy atom. The van der Waals surface area contributed by atoms with E-state index in [1.807, 2.05) is 20.8 Å². The highest BCUT2D eigenvalue weighted by molar-refractivity contribution is 5.48. The maximum Gasteiger partial charge on any atom is 0.573 e. The number of nitrogens with one attached hydrogen (secondary N) is 1. The average molecular weight is 263 g/mol. The van der Waals surface area contributed by atoms with E-state index in [1.165, 1.54) is 18.2 Å². The average Bonchev–Trinajstić information content (AvgIpc) is 2.11. The third-order valence-electron chi connectivity index (χ3n) is 1.89. The van der Waals surface area contributed by atoms with Crippen LogP contribution < -0.4 is 10.1 Å². The van der Waals surface area contributed by atoms with Gasteiger partial charge in [-0.2, -0.15) is 0 Å². The van der Waals surface area contributed by atoms with Gasteiger partial charge in [0.2, 0.25) is 0 Å². The van der Waals surface area contributed by atoms with Crippen molar-refractivity contribution in [3.05, 3.63) is 24.3 Å². The molecule has 18 heavy (non-hydrogen) atoms. The number of rotatable bonds is 3. The van der Waals surface area contributed by atoms with Gasteiger partial charge in [0.15, 0.2) is 0 Å². The summed E-state index contributed by atoms with van der Waals surface area (Å²) in [5, 5.41) is 3.06. The third-order valence-corrected chi connectivity index (χ3v) is 1.89. The molecule has 0 amide bonds. The predicted molar refractivity (Wildman–Crippen MR) is 67.8 cm³/mol. The first-order valence-corrected chi connectivity index (χ1v) is 5.25. The molecule has 5 heteroatoms. The smallest absolute Gasteiger partial charge is 0.406 e. The van der Waals surface area contributed by atoms with Crippen molar-refractivity contribution in [3.63, 3.8) is 0 Å². The number of anilines is 1. The van der Waals surface area contributed by atoms with Crippen LogP contribution in [0.2, 0.25) is 0 Å². The summed E-state index contributed by atoms with van der Waals surface area (Å²) in [5.41, 5.74) is 0.669. The molecule has 0 aliphatic heterocycles. The molecule has 0 spiro atoms. The maximum atomic E-state index is 12.0. The van der Waals surface area contributed by atoms with Crippen LogP contribution in [0.25, 0.3) is 0 Å². The number of alkyl halides is 3. The minimum Gasteiger partial charge on any atom is -0.406 e. The second kappa shape index (κ2) is 5.98. The molecular formula is C13H20F3NO. The molecule has 0 aliphatic carbocycles. The van der Waals surface area contributed by atoms with E-state index >= 15 is 0 Å². The molecule has 0 bridgehead atoms. The lowest BCUT2D eigenvalue weighted by Gasteiger charge is -2.20. The van der Waals surface area contributed by atoms with Crippen molar-refractivity contribution in [2.75, 3.05) is 11.9 Å². The molecule has 0 unspecified atom stereocenters. The lowest BCUT2D eigenvalue weighted by atomic mass is 9.97. The number of hydrogen-bond acceptors (Lipinski definition) is 2. The van der Waals surface area contributed by atoms with Gasteiger partial charge in [-0.05, 0) is 17.5 Å². The van der Waals surface area contributed by atoms with Crippen LogP contribution in [-0.4, -0.2) is 12.9 Å². The van der Waals surface area contributed by atoms with Crippen LogP contribution in [0, 0.1) is 5.41 Å². The summed E-state index contributed by atoms with van der Waals surface area (Å²) in [7, 11) is 0. The Morgan fingerprint density at radius 2 is 1.78 bits per heavy atom. The molecule has 104 valence electrons. The van der Waals surface area contributed by atoms with Crippen molar-refractivity contribution < 1.29 is 17.9 Å². The highest BCUT2D eigenvalue weighted by Gasteiger charge is 2.31. The van der Waals surface area contributed by atoms with Gasteiger partial charge in [-0.1, -0.05) is 34.3 Å². The summed E-state index contributed by atoms with van der Waals surface area (Å²) >= 11 is 0. The Kier molecular flexibility index (Phi) is 5.52. The van der Waals surface area contributed by atoms with E-state index in [0.29, 0.717) is 12.2 Å². The molecule has 1 aromatic rings. The number of hydrogen-bond donors (Lipinski definition) is 1. The Morgan fingerprint density at radius 1 is 1.17 bits per heavy atom. The molecule has 0 atom stereocenters. The molecule has 1 rings (SSSR count). The van der Waals surface area contributed by atoms with Crippen molar-refractivity contribution in [1.82, 2.24) is 0 Å². The largest absolute Gasteiger partial charge is 0.573 e. The second-order valence-electron chi connectivity index (χ2n) is 4.99. The molecule has 0 saturated heterocycles. The van der Waals surface area contributed by atoms with Crippen molar-refractivity contribution in [2.24, 2.45) is 5.41 Å². The van der Waals surface area contributed by atoms with E-state index in [4.69, 9.17) is 0 Å². The Bertz CT molecular complexity index is 369. The van der Waals surface area contributed by atoms with Gasteiger partial charge < -0.3 is 10.1 Å². The molecule has 1 aromatic carbocycles. The van der Waals surface area contributed by atoms with Crippen LogP contribution >= 0.6 is 0 Å². The SMILES string of the molecule is C.CC(C)(C)CNc1cccc(OC(F)(F)F)c1. The maximum absolute atomic E-state index is 12.0. The normalized spacial score (nSPS) is 11.7. The van der Waals surface area contributed by atoms with Crippen LogP contribution in [0.1, 0.15) is 28.2 Å². The first-order valence-electron chi connectivity index (χ1n) is 5.25. The molecule has 0 fully saturated rings. The molecule has 0 saturated carbocycles. The van der Waals surface area contributed by atoms with Crippen LogP contribution in [-0.2, 0) is 0 Å². The summed E-state index contributed by atoms with van der Waals surface area (Å²) in [4.78, 5) is 0. The first-order chi connectivity index (χ1) is 7.66. The summed E-state index contributed by atoms with van der Waals surface area (Å²) in [5.74, 6) is -0.212. The topological polar surface area (TPSA) is 21.3 Å². The summed E-state index contributed by atoms with van der Waals surface area (Å²) in [6, 6.07) is 5.83. The Balaban J connectivity index is 0.00000289. The monoisotopic (exact) mass is 263 g/mol. The molecule has 0 radical (unpaired) electrons. The standard InChI is InChI=1S/C12H16F3NO.CH4/c1-11(2,3)8-16-9-5-4-6-10(7-9)17-12(13,14)15;/h4-7,16H,8H2,1-3H3;1H4. The zero-order valence-electron chi connectivity index (χ0n) is 10.1. The first kappa shape index (κ1) is 16.6. The van der Waals surface area contributed by atoms with E-state index in [9.17, 15) is 13.2 Å². The van der Waals surface area contributed by atoms with Crippen LogP contribution in [0.3, 0.4) is 0 Å². The number of benzene rings is 1. The van der Waals surface area contributed by atoms with E-state index in [2.05, 4.69) is 10.1 Å². The number of ether oxygens (including phenoxy) is 1. The summed E-state index contributed by atoms with van der Waals surface area (Å²) in [6.07, 6.45) is -4.65. The van der Waals surface area contributed by atoms with Crippen molar-refractivity contribution in [3.8, 4) is 5.75 Å². The highest BCUT2D eigenvalue weighted by atomic mass is 19.4. The lowest BCUT2D eigenvalue weighted by molar-refractivity contribution is -0.274. The predicted octanol–water partition coefficient (Wildman–Crippen LogP) is 4.68. The molecule has 0 aromatic heterocycles. The van der Waals surface area contributed by atoms with Gasteiger partial charge in [0.05, 0.1) is 0 Å². The Hall–Kier alpha value is -1.39. The van der Waals surface area contributed by atoms with E-state index in [0.717, 1.165) is 0 Å². The zero-order chi connectivity index (χ0) is 13.1. The lowest BCUT2D eigenvalue weighted by Crippen LogP contribution is -2.19. The third kappa shape index (κ3) is 7.04. The Labute approximate surface area is 106 Å². The van der Waals surface area contributed by atoms with E-state index < -0.39 is 6.36 Å². The van der Waals surface area contributed by atoms with Gasteiger partial charge in [0.25, 0.3) is 0 Å². The fourth-order valence-corrected chi connectivity index (χ4v) is 1.17. The van der Waals surface area contributed by atoms with E-state index in [-0.39, 0.29) is 18.6 Å². The quantitative estimate of drug-likeness (QED) is 0.855. The van der Waals surface area contributed by atoms with Gasteiger partial charge in [-0.15, -0.1) is 13.2 Å². The molecule has 2 nitrogen and oxygen atoms in total. The minimum atomic E-state index is -4.65. The zero-order valence-corrected chi connectivity index (χ0v) is 10.1. The van der Waals surface area contributed by atoms with Crippen molar-refractivity contribution >= 4 is 5.69 Å². The van der Waals surface area contributed by atoms with Crippen LogP contribution in [0.4, 0.5) is 18.9 Å². The second-order valence-corrected chi connectivity index (χ2v) is 4.99. The summed E-state index contributed by atoms with van der Waals surface area (Å²) < 4.78 is 39.9. The molecular weight excluding hydrogens is 243 g/mol. The van der Waals surface area contributed by atoms with Crippen LogP contribution in [0.15, 0.2) is 24.3 Å².